The average Bonchev–Trinajstić information content (AvgIpc) is 3.47. The molecule has 0 heterocycles. The summed E-state index contributed by atoms with van der Waals surface area (Å²) >= 11 is 0. The van der Waals surface area contributed by atoms with Crippen LogP contribution in [0.2, 0.25) is 0 Å². The summed E-state index contributed by atoms with van der Waals surface area (Å²) in [6, 6.07) is 44.1. The predicted molar refractivity (Wildman–Crippen MR) is 232 cm³/mol. The van der Waals surface area contributed by atoms with E-state index in [9.17, 15) is 0 Å². The molecule has 0 fully saturated rings. The SMILES string of the molecule is CCCCCCC1(CCCCCC)c2ccccc2-c2ccc(N(c3ccc(CCCC)cc3)c3ccc(Nc4ccc(CCCC)cc4)cc3)cc21. The molecule has 0 saturated carbocycles. The van der Waals surface area contributed by atoms with Gasteiger partial charge in [0.15, 0.2) is 0 Å². The second-order valence-electron chi connectivity index (χ2n) is 15.6. The summed E-state index contributed by atoms with van der Waals surface area (Å²) in [7, 11) is 0. The van der Waals surface area contributed by atoms with Crippen LogP contribution in [0.15, 0.2) is 115 Å². The van der Waals surface area contributed by atoms with Crippen LogP contribution in [0.4, 0.5) is 28.4 Å². The molecule has 0 unspecified atom stereocenters. The minimum Gasteiger partial charge on any atom is -0.356 e. The lowest BCUT2D eigenvalue weighted by molar-refractivity contribution is 0.401. The zero-order valence-corrected chi connectivity index (χ0v) is 33.2. The van der Waals surface area contributed by atoms with Gasteiger partial charge in [0.1, 0.15) is 0 Å². The highest BCUT2D eigenvalue weighted by Crippen LogP contribution is 2.55. The molecule has 6 rings (SSSR count). The van der Waals surface area contributed by atoms with Crippen molar-refractivity contribution in [2.75, 3.05) is 10.2 Å². The Balaban J connectivity index is 1.38. The Morgan fingerprint density at radius 2 is 0.906 bits per heavy atom. The van der Waals surface area contributed by atoms with Crippen LogP contribution in [0.25, 0.3) is 11.1 Å². The molecule has 0 radical (unpaired) electrons. The molecule has 2 nitrogen and oxygen atoms in total. The summed E-state index contributed by atoms with van der Waals surface area (Å²) in [6.45, 7) is 9.18. The Morgan fingerprint density at radius 1 is 0.434 bits per heavy atom. The normalized spacial score (nSPS) is 12.8. The van der Waals surface area contributed by atoms with Crippen LogP contribution in [-0.2, 0) is 18.3 Å². The number of benzene rings is 5. The molecule has 53 heavy (non-hydrogen) atoms. The maximum absolute atomic E-state index is 3.65. The van der Waals surface area contributed by atoms with Crippen molar-refractivity contribution < 1.29 is 0 Å². The number of unbranched alkanes of at least 4 members (excludes halogenated alkanes) is 8. The van der Waals surface area contributed by atoms with E-state index >= 15 is 0 Å². The van der Waals surface area contributed by atoms with E-state index in [1.807, 2.05) is 0 Å². The Bertz CT molecular complexity index is 1820. The molecule has 0 spiro atoms. The minimum absolute atomic E-state index is 0.0545. The fourth-order valence-electron chi connectivity index (χ4n) is 8.59. The van der Waals surface area contributed by atoms with Crippen molar-refractivity contribution >= 4 is 28.4 Å². The monoisotopic (exact) mass is 705 g/mol. The van der Waals surface area contributed by atoms with Crippen molar-refractivity contribution in [2.45, 2.75) is 136 Å². The number of rotatable bonds is 21. The summed E-state index contributed by atoms with van der Waals surface area (Å²) in [4.78, 5) is 2.48. The highest BCUT2D eigenvalue weighted by Gasteiger charge is 2.42. The van der Waals surface area contributed by atoms with Crippen molar-refractivity contribution in [2.24, 2.45) is 0 Å². The average molecular weight is 705 g/mol. The van der Waals surface area contributed by atoms with Crippen LogP contribution >= 0.6 is 0 Å². The third-order valence-corrected chi connectivity index (χ3v) is 11.6. The molecule has 1 N–H and O–H groups in total. The Labute approximate surface area is 322 Å². The first-order valence-electron chi connectivity index (χ1n) is 21.2. The van der Waals surface area contributed by atoms with Crippen molar-refractivity contribution in [3.05, 3.63) is 138 Å². The minimum atomic E-state index is 0.0545. The molecule has 0 saturated heterocycles. The fourth-order valence-corrected chi connectivity index (χ4v) is 8.59. The van der Waals surface area contributed by atoms with Gasteiger partial charge in [0, 0.05) is 33.9 Å². The zero-order chi connectivity index (χ0) is 36.9. The van der Waals surface area contributed by atoms with Gasteiger partial charge in [-0.3, -0.25) is 0 Å². The topological polar surface area (TPSA) is 15.3 Å². The van der Waals surface area contributed by atoms with Gasteiger partial charge >= 0.3 is 0 Å². The summed E-state index contributed by atoms with van der Waals surface area (Å²) in [6.07, 6.45) is 20.0. The van der Waals surface area contributed by atoms with Crippen molar-refractivity contribution in [3.8, 4) is 11.1 Å². The molecular weight excluding hydrogens is 641 g/mol. The van der Waals surface area contributed by atoms with Crippen LogP contribution < -0.4 is 10.2 Å². The zero-order valence-electron chi connectivity index (χ0n) is 33.2. The molecule has 5 aromatic rings. The second kappa shape index (κ2) is 19.2. The van der Waals surface area contributed by atoms with Gasteiger partial charge in [-0.15, -0.1) is 0 Å². The molecular formula is C51H64N2. The fraction of sp³-hybridized carbons (Fsp3) is 0.412. The number of nitrogens with one attached hydrogen (secondary N) is 1. The van der Waals surface area contributed by atoms with Gasteiger partial charge in [-0.2, -0.15) is 0 Å². The van der Waals surface area contributed by atoms with Gasteiger partial charge in [0.25, 0.3) is 0 Å². The van der Waals surface area contributed by atoms with Crippen LogP contribution in [0.3, 0.4) is 0 Å². The van der Waals surface area contributed by atoms with Crippen molar-refractivity contribution in [1.29, 1.82) is 0 Å². The van der Waals surface area contributed by atoms with Gasteiger partial charge in [-0.25, -0.2) is 0 Å². The first kappa shape index (κ1) is 38.4. The largest absolute Gasteiger partial charge is 0.356 e. The van der Waals surface area contributed by atoms with E-state index in [1.54, 1.807) is 5.56 Å². The van der Waals surface area contributed by atoms with Crippen LogP contribution in [0.1, 0.15) is 140 Å². The van der Waals surface area contributed by atoms with Gasteiger partial charge < -0.3 is 10.2 Å². The van der Waals surface area contributed by atoms with E-state index in [-0.39, 0.29) is 5.41 Å². The number of hydrogen-bond acceptors (Lipinski definition) is 2. The molecule has 5 aromatic carbocycles. The molecule has 2 heteroatoms. The van der Waals surface area contributed by atoms with E-state index < -0.39 is 0 Å². The number of aryl methyl sites for hydroxylation is 2. The summed E-state index contributed by atoms with van der Waals surface area (Å²) < 4.78 is 0. The van der Waals surface area contributed by atoms with E-state index in [0.29, 0.717) is 0 Å². The molecule has 0 bridgehead atoms. The smallest absolute Gasteiger partial charge is 0.0465 e. The molecule has 0 aromatic heterocycles. The number of hydrogen-bond donors (Lipinski definition) is 1. The quantitative estimate of drug-likeness (QED) is 0.0765. The van der Waals surface area contributed by atoms with Gasteiger partial charge in [0.05, 0.1) is 0 Å². The maximum Gasteiger partial charge on any atom is 0.0465 e. The lowest BCUT2D eigenvalue weighted by Gasteiger charge is -2.34. The number of anilines is 5. The van der Waals surface area contributed by atoms with Crippen LogP contribution in [0, 0.1) is 0 Å². The Morgan fingerprint density at radius 3 is 1.47 bits per heavy atom. The van der Waals surface area contributed by atoms with E-state index in [0.717, 1.165) is 24.2 Å². The van der Waals surface area contributed by atoms with E-state index in [1.165, 1.54) is 135 Å². The number of fused-ring (bicyclic) bond motifs is 3. The maximum atomic E-state index is 3.65. The van der Waals surface area contributed by atoms with Crippen LogP contribution in [0.5, 0.6) is 0 Å². The summed E-state index contributed by atoms with van der Waals surface area (Å²) in [5.41, 5.74) is 14.7. The third-order valence-electron chi connectivity index (χ3n) is 11.6. The second-order valence-corrected chi connectivity index (χ2v) is 15.6. The summed E-state index contributed by atoms with van der Waals surface area (Å²) in [5.74, 6) is 0. The van der Waals surface area contributed by atoms with Gasteiger partial charge in [0.2, 0.25) is 0 Å². The molecule has 1 aliphatic rings. The van der Waals surface area contributed by atoms with Gasteiger partial charge in [-0.1, -0.05) is 147 Å². The highest BCUT2D eigenvalue weighted by molar-refractivity contribution is 5.86. The van der Waals surface area contributed by atoms with Crippen molar-refractivity contribution in [3.63, 3.8) is 0 Å². The Hall–Kier alpha value is -4.30. The first-order chi connectivity index (χ1) is 26.1. The lowest BCUT2D eigenvalue weighted by Crippen LogP contribution is -2.26. The summed E-state index contributed by atoms with van der Waals surface area (Å²) in [5, 5.41) is 3.65. The van der Waals surface area contributed by atoms with Crippen molar-refractivity contribution in [1.82, 2.24) is 0 Å². The third kappa shape index (κ3) is 9.26. The number of nitrogens with zero attached hydrogens (tertiary/aromatic N) is 1. The van der Waals surface area contributed by atoms with E-state index in [4.69, 9.17) is 0 Å². The first-order valence-corrected chi connectivity index (χ1v) is 21.2. The van der Waals surface area contributed by atoms with Gasteiger partial charge in [-0.05, 0) is 133 Å². The molecule has 0 aliphatic heterocycles. The van der Waals surface area contributed by atoms with E-state index in [2.05, 4.69) is 153 Å². The standard InChI is InChI=1S/C51H64N2/c1-5-9-13-17-37-51(38-18-14-10-6-2)49-22-16-15-21-47(49)48-36-35-46(39-50(48)51)53(44-31-25-41(26-32-44)20-12-8-4)45-33-29-43(30-34-45)52-42-27-23-40(24-28-42)19-11-7-3/h15-16,21-36,39,52H,5-14,17-20,37-38H2,1-4H3. The molecule has 0 amide bonds. The highest BCUT2D eigenvalue weighted by atomic mass is 15.1. The molecule has 1 aliphatic carbocycles. The van der Waals surface area contributed by atoms with Crippen LogP contribution in [-0.4, -0.2) is 0 Å². The molecule has 0 atom stereocenters. The predicted octanol–water partition coefficient (Wildman–Crippen LogP) is 15.8. The Kier molecular flexibility index (Phi) is 13.9. The lowest BCUT2D eigenvalue weighted by atomic mass is 9.70. The molecule has 278 valence electrons.